The SMILES string of the molecule is Cl.N[C@@H]1CCCN(C(=O)c2cc(Br)cc([N+](=O)[O-])c2)C1. The Kier molecular flexibility index (Phi) is 5.91. The molecule has 1 aromatic carbocycles. The highest BCUT2D eigenvalue weighted by atomic mass is 79.9. The molecule has 6 nitrogen and oxygen atoms in total. The van der Waals surface area contributed by atoms with Crippen LogP contribution in [0.1, 0.15) is 23.2 Å². The molecule has 1 amide bonds. The summed E-state index contributed by atoms with van der Waals surface area (Å²) in [6.45, 7) is 1.14. The molecule has 20 heavy (non-hydrogen) atoms. The number of benzene rings is 1. The van der Waals surface area contributed by atoms with Crippen LogP contribution >= 0.6 is 28.3 Å². The number of hydrogen-bond donors (Lipinski definition) is 1. The van der Waals surface area contributed by atoms with E-state index in [0.717, 1.165) is 12.8 Å². The molecule has 0 radical (unpaired) electrons. The lowest BCUT2D eigenvalue weighted by Crippen LogP contribution is -2.45. The van der Waals surface area contributed by atoms with Crippen LogP contribution < -0.4 is 5.73 Å². The van der Waals surface area contributed by atoms with E-state index >= 15 is 0 Å². The van der Waals surface area contributed by atoms with Gasteiger partial charge in [0.15, 0.2) is 0 Å². The molecule has 0 spiro atoms. The number of halogens is 2. The molecule has 2 rings (SSSR count). The zero-order chi connectivity index (χ0) is 14.0. The zero-order valence-corrected chi connectivity index (χ0v) is 13.0. The van der Waals surface area contributed by atoms with Crippen LogP contribution in [0.25, 0.3) is 0 Å². The summed E-state index contributed by atoms with van der Waals surface area (Å²) >= 11 is 3.19. The largest absolute Gasteiger partial charge is 0.337 e. The number of nitro groups is 1. The summed E-state index contributed by atoms with van der Waals surface area (Å²) in [6, 6.07) is 4.25. The fourth-order valence-corrected chi connectivity index (χ4v) is 2.66. The van der Waals surface area contributed by atoms with Gasteiger partial charge in [0, 0.05) is 41.3 Å². The van der Waals surface area contributed by atoms with Gasteiger partial charge in [0.1, 0.15) is 0 Å². The second-order valence-corrected chi connectivity index (χ2v) is 5.52. The first kappa shape index (κ1) is 16.9. The number of carbonyl (C=O) groups is 1. The van der Waals surface area contributed by atoms with Gasteiger partial charge in [-0.2, -0.15) is 0 Å². The smallest absolute Gasteiger partial charge is 0.271 e. The van der Waals surface area contributed by atoms with Gasteiger partial charge in [-0.1, -0.05) is 15.9 Å². The van der Waals surface area contributed by atoms with Gasteiger partial charge in [-0.3, -0.25) is 14.9 Å². The third kappa shape index (κ3) is 3.91. The van der Waals surface area contributed by atoms with Gasteiger partial charge >= 0.3 is 0 Å². The molecule has 1 heterocycles. The van der Waals surface area contributed by atoms with Crippen molar-refractivity contribution >= 4 is 39.9 Å². The first-order valence-corrected chi connectivity index (χ1v) is 6.76. The molecule has 1 aliphatic heterocycles. The fourth-order valence-electron chi connectivity index (χ4n) is 2.18. The van der Waals surface area contributed by atoms with Gasteiger partial charge in [-0.15, -0.1) is 12.4 Å². The van der Waals surface area contributed by atoms with Crippen molar-refractivity contribution in [1.82, 2.24) is 4.90 Å². The predicted molar refractivity (Wildman–Crippen MR) is 81.2 cm³/mol. The molecule has 1 fully saturated rings. The predicted octanol–water partition coefficient (Wildman–Crippen LogP) is 2.34. The fraction of sp³-hybridized carbons (Fsp3) is 0.417. The molecule has 1 aromatic rings. The number of amides is 1. The molecule has 2 N–H and O–H groups in total. The number of non-ortho nitro benzene ring substituents is 1. The topological polar surface area (TPSA) is 89.5 Å². The van der Waals surface area contributed by atoms with Crippen molar-refractivity contribution in [2.24, 2.45) is 5.73 Å². The van der Waals surface area contributed by atoms with Crippen LogP contribution in [0, 0.1) is 10.1 Å². The molecule has 0 bridgehead atoms. The van der Waals surface area contributed by atoms with E-state index in [9.17, 15) is 14.9 Å². The monoisotopic (exact) mass is 363 g/mol. The van der Waals surface area contributed by atoms with Crippen LogP contribution in [0.5, 0.6) is 0 Å². The maximum absolute atomic E-state index is 12.3. The van der Waals surface area contributed by atoms with Crippen molar-refractivity contribution in [3.63, 3.8) is 0 Å². The molecule has 0 unspecified atom stereocenters. The average Bonchev–Trinajstić information content (AvgIpc) is 2.37. The molecule has 8 heteroatoms. The molecular weight excluding hydrogens is 350 g/mol. The highest BCUT2D eigenvalue weighted by Crippen LogP contribution is 2.23. The summed E-state index contributed by atoms with van der Waals surface area (Å²) in [5, 5.41) is 10.8. The number of hydrogen-bond acceptors (Lipinski definition) is 4. The lowest BCUT2D eigenvalue weighted by Gasteiger charge is -2.30. The van der Waals surface area contributed by atoms with Crippen LogP contribution in [0.4, 0.5) is 5.69 Å². The standard InChI is InChI=1S/C12H14BrN3O3.ClH/c13-9-4-8(5-11(6-9)16(18)19)12(17)15-3-1-2-10(14)7-15;/h4-6,10H,1-3,7,14H2;1H/t10-;/m1./s1. The Morgan fingerprint density at radius 2 is 2.15 bits per heavy atom. The molecule has 1 saturated heterocycles. The number of likely N-dealkylation sites (tertiary alicyclic amines) is 1. The Morgan fingerprint density at radius 1 is 1.45 bits per heavy atom. The van der Waals surface area contributed by atoms with Crippen LogP contribution in [0.15, 0.2) is 22.7 Å². The van der Waals surface area contributed by atoms with E-state index in [0.29, 0.717) is 23.1 Å². The zero-order valence-electron chi connectivity index (χ0n) is 10.6. The van der Waals surface area contributed by atoms with Crippen molar-refractivity contribution < 1.29 is 9.72 Å². The number of nitrogens with two attached hydrogens (primary N) is 1. The van der Waals surface area contributed by atoms with Gasteiger partial charge in [0.2, 0.25) is 0 Å². The van der Waals surface area contributed by atoms with E-state index in [-0.39, 0.29) is 30.0 Å². The summed E-state index contributed by atoms with van der Waals surface area (Å²) in [7, 11) is 0. The average molecular weight is 365 g/mol. The molecule has 0 saturated carbocycles. The molecule has 1 atom stereocenters. The van der Waals surface area contributed by atoms with Gasteiger partial charge < -0.3 is 10.6 Å². The normalized spacial score (nSPS) is 18.3. The Labute approximate surface area is 131 Å². The lowest BCUT2D eigenvalue weighted by atomic mass is 10.1. The first-order valence-electron chi connectivity index (χ1n) is 5.97. The van der Waals surface area contributed by atoms with Crippen molar-refractivity contribution in [1.29, 1.82) is 0 Å². The summed E-state index contributed by atoms with van der Waals surface area (Å²) in [6.07, 6.45) is 1.77. The van der Waals surface area contributed by atoms with Crippen molar-refractivity contribution in [3.05, 3.63) is 38.3 Å². The molecule has 110 valence electrons. The molecule has 0 aromatic heterocycles. The van der Waals surface area contributed by atoms with E-state index in [4.69, 9.17) is 5.73 Å². The van der Waals surface area contributed by atoms with Gasteiger partial charge in [-0.25, -0.2) is 0 Å². The Hall–Kier alpha value is -1.18. The van der Waals surface area contributed by atoms with Crippen LogP contribution in [-0.2, 0) is 0 Å². The maximum Gasteiger partial charge on any atom is 0.271 e. The van der Waals surface area contributed by atoms with Gasteiger partial charge in [0.25, 0.3) is 11.6 Å². The van der Waals surface area contributed by atoms with Gasteiger partial charge in [0.05, 0.1) is 4.92 Å². The summed E-state index contributed by atoms with van der Waals surface area (Å²) in [4.78, 5) is 24.2. The second kappa shape index (κ2) is 7.01. The van der Waals surface area contributed by atoms with E-state index in [1.807, 2.05) is 0 Å². The molecule has 0 aliphatic carbocycles. The number of nitrogens with zero attached hydrogens (tertiary/aromatic N) is 2. The third-order valence-corrected chi connectivity index (χ3v) is 3.54. The van der Waals surface area contributed by atoms with Crippen molar-refractivity contribution in [3.8, 4) is 0 Å². The summed E-state index contributed by atoms with van der Waals surface area (Å²) in [5.74, 6) is -0.209. The minimum atomic E-state index is -0.510. The Balaban J connectivity index is 0.00000200. The number of nitro benzene ring substituents is 1. The van der Waals surface area contributed by atoms with Gasteiger partial charge in [-0.05, 0) is 18.9 Å². The summed E-state index contributed by atoms with van der Waals surface area (Å²) in [5.41, 5.74) is 6.05. The number of rotatable bonds is 2. The first-order chi connectivity index (χ1) is 8.97. The second-order valence-electron chi connectivity index (χ2n) is 4.61. The molecule has 1 aliphatic rings. The van der Waals surface area contributed by atoms with E-state index in [2.05, 4.69) is 15.9 Å². The van der Waals surface area contributed by atoms with Crippen LogP contribution in [0.3, 0.4) is 0 Å². The van der Waals surface area contributed by atoms with E-state index < -0.39 is 4.92 Å². The quantitative estimate of drug-likeness (QED) is 0.644. The lowest BCUT2D eigenvalue weighted by molar-refractivity contribution is -0.385. The minimum Gasteiger partial charge on any atom is -0.337 e. The Morgan fingerprint density at radius 3 is 2.75 bits per heavy atom. The minimum absolute atomic E-state index is 0. The number of carbonyl (C=O) groups excluding carboxylic acids is 1. The van der Waals surface area contributed by atoms with E-state index in [1.165, 1.54) is 12.1 Å². The molecular formula is C12H15BrClN3O3. The van der Waals surface area contributed by atoms with Crippen LogP contribution in [0.2, 0.25) is 0 Å². The maximum atomic E-state index is 12.3. The van der Waals surface area contributed by atoms with Crippen molar-refractivity contribution in [2.75, 3.05) is 13.1 Å². The number of piperidine rings is 1. The summed E-state index contributed by atoms with van der Waals surface area (Å²) < 4.78 is 0.520. The van der Waals surface area contributed by atoms with Crippen molar-refractivity contribution in [2.45, 2.75) is 18.9 Å². The third-order valence-electron chi connectivity index (χ3n) is 3.09. The van der Waals surface area contributed by atoms with Crippen LogP contribution in [-0.4, -0.2) is 34.9 Å². The highest BCUT2D eigenvalue weighted by molar-refractivity contribution is 9.10. The van der Waals surface area contributed by atoms with E-state index in [1.54, 1.807) is 11.0 Å². The highest BCUT2D eigenvalue weighted by Gasteiger charge is 2.23. The Bertz CT molecular complexity index is 527.